The van der Waals surface area contributed by atoms with Crippen LogP contribution in [0.2, 0.25) is 0 Å². The summed E-state index contributed by atoms with van der Waals surface area (Å²) in [4.78, 5) is 24.3. The number of aromatic hydroxyl groups is 1. The van der Waals surface area contributed by atoms with E-state index in [-0.39, 0.29) is 21.5 Å². The molecule has 2 aromatic rings. The van der Waals surface area contributed by atoms with Gasteiger partial charge in [-0.3, -0.25) is 9.36 Å². The van der Waals surface area contributed by atoms with E-state index in [1.54, 1.807) is 26.0 Å². The molecule has 1 aromatic heterocycles. The Kier molecular flexibility index (Phi) is 4.93. The summed E-state index contributed by atoms with van der Waals surface area (Å²) in [6, 6.07) is 6.49. The summed E-state index contributed by atoms with van der Waals surface area (Å²) in [6.45, 7) is 3.50. The molecule has 7 heteroatoms. The highest BCUT2D eigenvalue weighted by Crippen LogP contribution is 2.37. The maximum Gasteiger partial charge on any atom is 0.327 e. The van der Waals surface area contributed by atoms with Crippen molar-refractivity contribution in [1.29, 1.82) is 0 Å². The van der Waals surface area contributed by atoms with Crippen LogP contribution < -0.4 is 0 Å². The summed E-state index contributed by atoms with van der Waals surface area (Å²) >= 11 is 6.37. The number of allylic oxidation sites excluding steroid dienone is 2. The highest BCUT2D eigenvalue weighted by atomic mass is 32.1. The smallest absolute Gasteiger partial charge is 0.327 e. The quantitative estimate of drug-likeness (QED) is 0.600. The predicted molar refractivity (Wildman–Crippen MR) is 105 cm³/mol. The van der Waals surface area contributed by atoms with Crippen molar-refractivity contribution in [1.82, 2.24) is 4.57 Å². The van der Waals surface area contributed by atoms with Crippen LogP contribution in [0.25, 0.3) is 17.7 Å². The van der Waals surface area contributed by atoms with Crippen LogP contribution in [0.5, 0.6) is 5.88 Å². The first-order valence-electron chi connectivity index (χ1n) is 8.02. The molecule has 0 fully saturated rings. The summed E-state index contributed by atoms with van der Waals surface area (Å²) < 4.78 is 1.50. The summed E-state index contributed by atoms with van der Waals surface area (Å²) in [5.74, 6) is -1.73. The summed E-state index contributed by atoms with van der Waals surface area (Å²) in [5, 5.41) is 20.1. The van der Waals surface area contributed by atoms with Crippen molar-refractivity contribution in [2.75, 3.05) is 0 Å². The molecule has 0 saturated carbocycles. The summed E-state index contributed by atoms with van der Waals surface area (Å²) in [5.41, 5.74) is 2.12. The van der Waals surface area contributed by atoms with Gasteiger partial charge in [-0.25, -0.2) is 4.79 Å². The number of hydrogen-bond acceptors (Lipinski definition) is 5. The molecular formula is C19H17NO4S2. The van der Waals surface area contributed by atoms with E-state index in [4.69, 9.17) is 12.2 Å². The first kappa shape index (κ1) is 18.3. The first-order valence-corrected chi connectivity index (χ1v) is 9.24. The fourth-order valence-corrected chi connectivity index (χ4v) is 4.30. The standard InChI is InChI=1S/C19H17NO4S2/c1-10(2)16(18(23)24)20-17(22)15(26-19(20)25)9-13-12-6-4-3-5-11(12)7-8-14(13)21/h3-10,16,22H,1-2H3,(H,23,24)/b13-9-/t16-/m1/s1. The Morgan fingerprint density at radius 1 is 1.27 bits per heavy atom. The highest BCUT2D eigenvalue weighted by Gasteiger charge is 2.28. The van der Waals surface area contributed by atoms with E-state index < -0.39 is 12.0 Å². The van der Waals surface area contributed by atoms with Crippen molar-refractivity contribution >= 4 is 53.0 Å². The number of aliphatic carboxylic acids is 1. The topological polar surface area (TPSA) is 79.5 Å². The van der Waals surface area contributed by atoms with Crippen LogP contribution in [0.15, 0.2) is 30.3 Å². The number of hydrogen-bond donors (Lipinski definition) is 2. The zero-order valence-electron chi connectivity index (χ0n) is 14.2. The molecule has 26 heavy (non-hydrogen) atoms. The molecule has 0 radical (unpaired) electrons. The van der Waals surface area contributed by atoms with Gasteiger partial charge in [0.25, 0.3) is 0 Å². The van der Waals surface area contributed by atoms with E-state index >= 15 is 0 Å². The Morgan fingerprint density at radius 2 is 1.96 bits per heavy atom. The van der Waals surface area contributed by atoms with Crippen molar-refractivity contribution in [3.63, 3.8) is 0 Å². The molecule has 0 amide bonds. The van der Waals surface area contributed by atoms with E-state index in [9.17, 15) is 19.8 Å². The van der Waals surface area contributed by atoms with Crippen LogP contribution in [0.1, 0.15) is 35.9 Å². The van der Waals surface area contributed by atoms with E-state index in [0.717, 1.165) is 22.5 Å². The van der Waals surface area contributed by atoms with Crippen molar-refractivity contribution in [3.05, 3.63) is 50.3 Å². The zero-order chi connectivity index (χ0) is 19.0. The van der Waals surface area contributed by atoms with Gasteiger partial charge in [-0.1, -0.05) is 44.2 Å². The SMILES string of the molecule is CC(C)[C@H](C(=O)O)n1c(O)c(/C=C2\C(=O)C=Cc3ccccc32)sc1=S. The average molecular weight is 387 g/mol. The molecule has 0 aliphatic heterocycles. The van der Waals surface area contributed by atoms with Crippen LogP contribution in [0.4, 0.5) is 0 Å². The van der Waals surface area contributed by atoms with Crippen LogP contribution in [-0.4, -0.2) is 26.5 Å². The van der Waals surface area contributed by atoms with Crippen molar-refractivity contribution in [2.45, 2.75) is 19.9 Å². The van der Waals surface area contributed by atoms with Gasteiger partial charge in [-0.05, 0) is 41.4 Å². The minimum Gasteiger partial charge on any atom is -0.493 e. The maximum atomic E-state index is 12.4. The van der Waals surface area contributed by atoms with Crippen molar-refractivity contribution in [3.8, 4) is 5.88 Å². The minimum atomic E-state index is -1.06. The number of carboxylic acids is 1. The number of thiazole rings is 1. The fourth-order valence-electron chi connectivity index (χ4n) is 2.98. The first-order chi connectivity index (χ1) is 12.3. The lowest BCUT2D eigenvalue weighted by atomic mass is 9.91. The van der Waals surface area contributed by atoms with E-state index in [2.05, 4.69) is 0 Å². The molecule has 0 unspecified atom stereocenters. The number of rotatable bonds is 4. The monoisotopic (exact) mass is 387 g/mol. The van der Waals surface area contributed by atoms with Gasteiger partial charge in [0.15, 0.2) is 9.74 Å². The van der Waals surface area contributed by atoms with E-state index in [1.807, 2.05) is 24.3 Å². The van der Waals surface area contributed by atoms with Crippen LogP contribution in [0.3, 0.4) is 0 Å². The Balaban J connectivity index is 2.15. The number of carboxylic acid groups (broad SMARTS) is 1. The number of carbonyl (C=O) groups excluding carboxylic acids is 1. The molecule has 1 heterocycles. The molecule has 0 spiro atoms. The number of benzene rings is 1. The molecule has 134 valence electrons. The highest BCUT2D eigenvalue weighted by molar-refractivity contribution is 7.73. The molecule has 1 aliphatic carbocycles. The Hall–Kier alpha value is -2.51. The minimum absolute atomic E-state index is 0.174. The summed E-state index contributed by atoms with van der Waals surface area (Å²) in [7, 11) is 0. The summed E-state index contributed by atoms with van der Waals surface area (Å²) in [6.07, 6.45) is 4.81. The van der Waals surface area contributed by atoms with Gasteiger partial charge in [0.1, 0.15) is 6.04 Å². The average Bonchev–Trinajstić information content (AvgIpc) is 2.85. The molecular weight excluding hydrogens is 370 g/mol. The lowest BCUT2D eigenvalue weighted by Crippen LogP contribution is -2.23. The Bertz CT molecular complexity index is 1010. The van der Waals surface area contributed by atoms with Gasteiger partial charge in [-0.15, -0.1) is 11.3 Å². The number of fused-ring (bicyclic) bond motifs is 1. The van der Waals surface area contributed by atoms with Gasteiger partial charge in [0, 0.05) is 5.57 Å². The molecule has 3 rings (SSSR count). The fraction of sp³-hybridized carbons (Fsp3) is 0.211. The Labute approximate surface area is 159 Å². The van der Waals surface area contributed by atoms with Gasteiger partial charge < -0.3 is 10.2 Å². The molecule has 0 bridgehead atoms. The van der Waals surface area contributed by atoms with Gasteiger partial charge in [0.05, 0.1) is 4.88 Å². The second-order valence-corrected chi connectivity index (χ2v) is 7.97. The van der Waals surface area contributed by atoms with Crippen LogP contribution in [0, 0.1) is 9.87 Å². The lowest BCUT2D eigenvalue weighted by Gasteiger charge is -2.18. The largest absolute Gasteiger partial charge is 0.493 e. The van der Waals surface area contributed by atoms with Gasteiger partial charge in [0.2, 0.25) is 5.88 Å². The number of nitrogens with zero attached hydrogens (tertiary/aromatic N) is 1. The predicted octanol–water partition coefficient (Wildman–Crippen LogP) is 4.40. The zero-order valence-corrected chi connectivity index (χ0v) is 15.8. The number of aromatic nitrogens is 1. The van der Waals surface area contributed by atoms with Crippen molar-refractivity contribution in [2.24, 2.45) is 5.92 Å². The van der Waals surface area contributed by atoms with Gasteiger partial charge in [-0.2, -0.15) is 0 Å². The lowest BCUT2D eigenvalue weighted by molar-refractivity contribution is -0.142. The number of carbonyl (C=O) groups is 2. The normalized spacial score (nSPS) is 16.1. The third kappa shape index (κ3) is 3.15. The Morgan fingerprint density at radius 3 is 2.62 bits per heavy atom. The maximum absolute atomic E-state index is 12.4. The molecule has 5 nitrogen and oxygen atoms in total. The van der Waals surface area contributed by atoms with Crippen molar-refractivity contribution < 1.29 is 19.8 Å². The second-order valence-electron chi connectivity index (χ2n) is 6.30. The number of ketones is 1. The molecule has 0 saturated heterocycles. The van der Waals surface area contributed by atoms with Gasteiger partial charge >= 0.3 is 5.97 Å². The van der Waals surface area contributed by atoms with E-state index in [1.165, 1.54) is 10.6 Å². The molecule has 2 N–H and O–H groups in total. The molecule has 1 atom stereocenters. The second kappa shape index (κ2) is 7.01. The third-order valence-corrected chi connectivity index (χ3v) is 5.55. The third-order valence-electron chi connectivity index (χ3n) is 4.21. The molecule has 1 aromatic carbocycles. The van der Waals surface area contributed by atoms with Crippen LogP contribution >= 0.6 is 23.6 Å². The molecule has 1 aliphatic rings. The van der Waals surface area contributed by atoms with Crippen LogP contribution in [-0.2, 0) is 9.59 Å². The van der Waals surface area contributed by atoms with E-state index in [0.29, 0.717) is 10.5 Å².